The van der Waals surface area contributed by atoms with Gasteiger partial charge in [0.25, 0.3) is 0 Å². The van der Waals surface area contributed by atoms with Crippen molar-refractivity contribution in [2.45, 2.75) is 134 Å². The minimum Gasteiger partial charge on any atom is -0.480 e. The molecule has 0 aliphatic carbocycles. The summed E-state index contributed by atoms with van der Waals surface area (Å²) in [5.41, 5.74) is 0. The number of hydrogen-bond donors (Lipinski definition) is 4. The average molecular weight is 677 g/mol. The Bertz CT molecular complexity index is 726. The molecule has 2 amide bonds. The Hall–Kier alpha value is -1.50. The van der Waals surface area contributed by atoms with E-state index in [4.69, 9.17) is 0 Å². The second-order valence-corrected chi connectivity index (χ2v) is 15.2. The van der Waals surface area contributed by atoms with E-state index in [1.54, 1.807) is 0 Å². The first kappa shape index (κ1) is 43.5. The quantitative estimate of drug-likeness (QED) is 0.0493. The molecular formula is C33H64N4O6S2. The maximum Gasteiger partial charge on any atom is 0.327 e. The van der Waals surface area contributed by atoms with Gasteiger partial charge in [-0.05, 0) is 73.4 Å². The second-order valence-electron chi connectivity index (χ2n) is 12.6. The van der Waals surface area contributed by atoms with Crippen LogP contribution in [-0.4, -0.2) is 109 Å². The molecule has 0 rings (SSSR count). The lowest BCUT2D eigenvalue weighted by Crippen LogP contribution is -2.42. The molecule has 0 aromatic rings. The summed E-state index contributed by atoms with van der Waals surface area (Å²) < 4.78 is 0. The van der Waals surface area contributed by atoms with Crippen LogP contribution in [0.25, 0.3) is 0 Å². The molecule has 4 N–H and O–H groups in total. The van der Waals surface area contributed by atoms with E-state index in [1.807, 2.05) is 0 Å². The van der Waals surface area contributed by atoms with E-state index in [2.05, 4.69) is 48.6 Å². The van der Waals surface area contributed by atoms with Crippen molar-refractivity contribution in [3.63, 3.8) is 0 Å². The van der Waals surface area contributed by atoms with E-state index in [-0.39, 0.29) is 24.0 Å². The summed E-state index contributed by atoms with van der Waals surface area (Å²) in [7, 11) is 11.0. The number of hydrogen-bond acceptors (Lipinski definition) is 8. The van der Waals surface area contributed by atoms with Gasteiger partial charge in [-0.3, -0.25) is 9.59 Å². The number of carboxylic acids is 2. The van der Waals surface area contributed by atoms with Crippen molar-refractivity contribution in [1.29, 1.82) is 0 Å². The lowest BCUT2D eigenvalue weighted by atomic mass is 10.1. The van der Waals surface area contributed by atoms with Crippen molar-refractivity contribution in [1.82, 2.24) is 20.4 Å². The van der Waals surface area contributed by atoms with Crippen LogP contribution in [0.4, 0.5) is 0 Å². The lowest BCUT2D eigenvalue weighted by Gasteiger charge is -2.16. The Morgan fingerprint density at radius 1 is 0.533 bits per heavy atom. The fourth-order valence-corrected chi connectivity index (χ4v) is 7.10. The second kappa shape index (κ2) is 29.9. The summed E-state index contributed by atoms with van der Waals surface area (Å²) in [5.74, 6) is -2.03. The van der Waals surface area contributed by atoms with Crippen LogP contribution in [0.15, 0.2) is 0 Å². The molecule has 0 aromatic carbocycles. The Balaban J connectivity index is 3.98. The highest BCUT2D eigenvalue weighted by Gasteiger charge is 2.22. The summed E-state index contributed by atoms with van der Waals surface area (Å²) in [4.78, 5) is 52.2. The molecule has 0 aliphatic rings. The van der Waals surface area contributed by atoms with Gasteiger partial charge < -0.3 is 30.6 Å². The third kappa shape index (κ3) is 29.6. The van der Waals surface area contributed by atoms with Crippen molar-refractivity contribution in [2.75, 3.05) is 52.8 Å². The van der Waals surface area contributed by atoms with Gasteiger partial charge in [0.15, 0.2) is 0 Å². The van der Waals surface area contributed by atoms with E-state index in [0.717, 1.165) is 51.6 Å². The van der Waals surface area contributed by atoms with Gasteiger partial charge >= 0.3 is 11.9 Å². The maximum atomic E-state index is 12.3. The number of carboxylic acid groups (broad SMARTS) is 2. The van der Waals surface area contributed by atoms with Gasteiger partial charge in [0.1, 0.15) is 12.1 Å². The number of nitrogens with one attached hydrogen (secondary N) is 2. The van der Waals surface area contributed by atoms with Crippen LogP contribution in [0.3, 0.4) is 0 Å². The molecule has 0 saturated heterocycles. The maximum absolute atomic E-state index is 12.3. The molecule has 45 heavy (non-hydrogen) atoms. The summed E-state index contributed by atoms with van der Waals surface area (Å²) in [6.07, 6.45) is 18.7. The van der Waals surface area contributed by atoms with E-state index >= 15 is 0 Å². The van der Waals surface area contributed by atoms with Crippen LogP contribution >= 0.6 is 21.6 Å². The number of aliphatic carboxylic acids is 2. The monoisotopic (exact) mass is 676 g/mol. The van der Waals surface area contributed by atoms with Crippen LogP contribution in [0.1, 0.15) is 122 Å². The van der Waals surface area contributed by atoms with Crippen LogP contribution < -0.4 is 10.6 Å². The zero-order chi connectivity index (χ0) is 33.7. The highest BCUT2D eigenvalue weighted by molar-refractivity contribution is 8.76. The SMILES string of the molecule is CN(C)CCCCCCCCCCC(=O)NC(CCSSCC(NC(=O)CCCCCCCCCCN(C)C)C(=O)O)C(=O)O. The smallest absolute Gasteiger partial charge is 0.327 e. The van der Waals surface area contributed by atoms with Gasteiger partial charge in [0.05, 0.1) is 0 Å². The Morgan fingerprint density at radius 2 is 0.889 bits per heavy atom. The predicted molar refractivity (Wildman–Crippen MR) is 189 cm³/mol. The van der Waals surface area contributed by atoms with Gasteiger partial charge in [0, 0.05) is 24.3 Å². The van der Waals surface area contributed by atoms with E-state index in [1.165, 1.54) is 85.8 Å². The van der Waals surface area contributed by atoms with Crippen LogP contribution in [0.5, 0.6) is 0 Å². The Morgan fingerprint density at radius 3 is 1.27 bits per heavy atom. The first-order valence-corrected chi connectivity index (χ1v) is 19.6. The van der Waals surface area contributed by atoms with Crippen LogP contribution in [-0.2, 0) is 19.2 Å². The van der Waals surface area contributed by atoms with Gasteiger partial charge in [0.2, 0.25) is 11.8 Å². The molecule has 0 aliphatic heterocycles. The normalized spacial score (nSPS) is 12.8. The number of carbonyl (C=O) groups is 4. The first-order chi connectivity index (χ1) is 21.5. The van der Waals surface area contributed by atoms with Crippen molar-refractivity contribution < 1.29 is 29.4 Å². The van der Waals surface area contributed by atoms with E-state index in [0.29, 0.717) is 18.6 Å². The van der Waals surface area contributed by atoms with Crippen LogP contribution in [0, 0.1) is 0 Å². The van der Waals surface area contributed by atoms with Crippen molar-refractivity contribution in [2.24, 2.45) is 0 Å². The molecule has 0 heterocycles. The summed E-state index contributed by atoms with van der Waals surface area (Å²) in [6.45, 7) is 2.26. The number of nitrogens with zero attached hydrogens (tertiary/aromatic N) is 2. The average Bonchev–Trinajstić information content (AvgIpc) is 2.97. The minimum atomic E-state index is -1.08. The highest BCUT2D eigenvalue weighted by Crippen LogP contribution is 2.24. The lowest BCUT2D eigenvalue weighted by molar-refractivity contribution is -0.142. The Labute approximate surface area is 281 Å². The molecule has 2 unspecified atom stereocenters. The van der Waals surface area contributed by atoms with E-state index in [9.17, 15) is 29.4 Å². The Kier molecular flexibility index (Phi) is 28.9. The standard InChI is InChI=1S/C33H64N4O6S2/c1-36(2)24-19-15-11-7-5-9-13-17-21-30(38)34-28(32(40)41)23-26-44-45-27-29(33(42)43)35-31(39)22-18-14-10-6-8-12-16-20-25-37(3)4/h28-29H,5-27H2,1-4H3,(H,34,38)(H,35,39)(H,40,41)(H,42,43). The summed E-state index contributed by atoms with van der Waals surface area (Å²) >= 11 is 0. The summed E-state index contributed by atoms with van der Waals surface area (Å²) in [5, 5.41) is 24.3. The predicted octanol–water partition coefficient (Wildman–Crippen LogP) is 6.04. The van der Waals surface area contributed by atoms with Gasteiger partial charge in [-0.1, -0.05) is 98.6 Å². The molecule has 0 saturated carbocycles. The molecule has 264 valence electrons. The molecule has 0 aromatic heterocycles. The number of unbranched alkanes of at least 4 members (excludes halogenated alkanes) is 14. The van der Waals surface area contributed by atoms with Gasteiger partial charge in [-0.2, -0.15) is 0 Å². The van der Waals surface area contributed by atoms with E-state index < -0.39 is 24.0 Å². The number of carbonyl (C=O) groups excluding carboxylic acids is 2. The minimum absolute atomic E-state index is 0.180. The molecular weight excluding hydrogens is 613 g/mol. The van der Waals surface area contributed by atoms with Crippen molar-refractivity contribution in [3.05, 3.63) is 0 Å². The molecule has 2 atom stereocenters. The fraction of sp³-hybridized carbons (Fsp3) is 0.879. The molecule has 0 fully saturated rings. The number of rotatable bonds is 32. The summed E-state index contributed by atoms with van der Waals surface area (Å²) in [6, 6.07) is -1.96. The molecule has 10 nitrogen and oxygen atoms in total. The van der Waals surface area contributed by atoms with Gasteiger partial charge in [-0.15, -0.1) is 0 Å². The third-order valence-corrected chi connectivity index (χ3v) is 10.0. The van der Waals surface area contributed by atoms with Gasteiger partial charge in [-0.25, -0.2) is 9.59 Å². The molecule has 0 bridgehead atoms. The third-order valence-electron chi connectivity index (χ3n) is 7.59. The topological polar surface area (TPSA) is 139 Å². The van der Waals surface area contributed by atoms with Crippen molar-refractivity contribution in [3.8, 4) is 0 Å². The molecule has 0 radical (unpaired) electrons. The van der Waals surface area contributed by atoms with Crippen LogP contribution in [0.2, 0.25) is 0 Å². The zero-order valence-electron chi connectivity index (χ0n) is 28.7. The number of amides is 2. The first-order valence-electron chi connectivity index (χ1n) is 17.1. The largest absolute Gasteiger partial charge is 0.480 e. The zero-order valence-corrected chi connectivity index (χ0v) is 30.3. The molecule has 0 spiro atoms. The van der Waals surface area contributed by atoms with Crippen molar-refractivity contribution >= 4 is 45.3 Å². The highest BCUT2D eigenvalue weighted by atomic mass is 33.1. The molecule has 12 heteroatoms. The fourth-order valence-electron chi connectivity index (χ4n) is 4.85.